The summed E-state index contributed by atoms with van der Waals surface area (Å²) in [6, 6.07) is 18.0. The zero-order chi connectivity index (χ0) is 20.2. The van der Waals surface area contributed by atoms with Crippen LogP contribution in [0, 0.1) is 0 Å². The lowest BCUT2D eigenvalue weighted by Gasteiger charge is -2.29. The van der Waals surface area contributed by atoms with Crippen LogP contribution in [-0.4, -0.2) is 39.8 Å². The zero-order valence-corrected chi connectivity index (χ0v) is 17.7. The number of thiocarbonyl (C=S) groups is 1. The number of pyridine rings is 1. The molecule has 0 aliphatic carbocycles. The SMILES string of the molecule is COCCCN1C(=S)N[C@@H](c2ccccn2)[C@H]1c1cccn1-c1cccc(Cl)c1. The molecule has 5 nitrogen and oxygen atoms in total. The van der Waals surface area contributed by atoms with E-state index in [0.717, 1.165) is 35.2 Å². The minimum absolute atomic E-state index is 0.00300. The predicted molar refractivity (Wildman–Crippen MR) is 119 cm³/mol. The van der Waals surface area contributed by atoms with Gasteiger partial charge in [0.2, 0.25) is 0 Å². The Balaban J connectivity index is 1.76. The van der Waals surface area contributed by atoms with E-state index in [1.807, 2.05) is 42.6 Å². The molecule has 1 aliphatic heterocycles. The van der Waals surface area contributed by atoms with Crippen molar-refractivity contribution in [3.8, 4) is 5.69 Å². The molecule has 1 fully saturated rings. The second kappa shape index (κ2) is 8.95. The molecule has 1 aromatic carbocycles. The van der Waals surface area contributed by atoms with Gasteiger partial charge in [0.05, 0.1) is 17.8 Å². The van der Waals surface area contributed by atoms with Gasteiger partial charge in [-0.1, -0.05) is 23.7 Å². The second-order valence-corrected chi connectivity index (χ2v) is 7.77. The van der Waals surface area contributed by atoms with Crippen LogP contribution in [-0.2, 0) is 4.74 Å². The van der Waals surface area contributed by atoms with Crippen LogP contribution < -0.4 is 5.32 Å². The van der Waals surface area contributed by atoms with Gasteiger partial charge in [-0.3, -0.25) is 4.98 Å². The summed E-state index contributed by atoms with van der Waals surface area (Å²) in [6.45, 7) is 1.49. The van der Waals surface area contributed by atoms with E-state index in [-0.39, 0.29) is 12.1 Å². The number of halogens is 1. The molecule has 0 amide bonds. The van der Waals surface area contributed by atoms with Gasteiger partial charge in [-0.05, 0) is 61.1 Å². The summed E-state index contributed by atoms with van der Waals surface area (Å²) in [6.07, 6.45) is 4.77. The number of rotatable bonds is 7. The third-order valence-corrected chi connectivity index (χ3v) is 5.70. The molecular weight excluding hydrogens is 404 g/mol. The predicted octanol–water partition coefficient (Wildman–Crippen LogP) is 4.53. The number of nitrogens with zero attached hydrogens (tertiary/aromatic N) is 3. The molecule has 0 unspecified atom stereocenters. The largest absolute Gasteiger partial charge is 0.385 e. The van der Waals surface area contributed by atoms with Gasteiger partial charge in [-0.2, -0.15) is 0 Å². The van der Waals surface area contributed by atoms with Crippen LogP contribution in [0.15, 0.2) is 67.0 Å². The smallest absolute Gasteiger partial charge is 0.170 e. The Morgan fingerprint density at radius 1 is 1.17 bits per heavy atom. The van der Waals surface area contributed by atoms with Gasteiger partial charge in [0.25, 0.3) is 0 Å². The fourth-order valence-corrected chi connectivity index (χ4v) is 4.36. The Morgan fingerprint density at radius 3 is 2.83 bits per heavy atom. The summed E-state index contributed by atoms with van der Waals surface area (Å²) in [7, 11) is 1.72. The van der Waals surface area contributed by atoms with Gasteiger partial charge in [-0.15, -0.1) is 0 Å². The first-order valence-electron chi connectivity index (χ1n) is 9.59. The van der Waals surface area contributed by atoms with Crippen molar-refractivity contribution in [1.82, 2.24) is 19.8 Å². The van der Waals surface area contributed by atoms with Crippen molar-refractivity contribution in [3.63, 3.8) is 0 Å². The second-order valence-electron chi connectivity index (χ2n) is 6.95. The normalized spacial score (nSPS) is 18.8. The van der Waals surface area contributed by atoms with Crippen LogP contribution in [0.1, 0.15) is 29.9 Å². The third kappa shape index (κ3) is 4.15. The van der Waals surface area contributed by atoms with Crippen LogP contribution >= 0.6 is 23.8 Å². The highest BCUT2D eigenvalue weighted by Crippen LogP contribution is 2.39. The minimum atomic E-state index is -0.0425. The fraction of sp³-hybridized carbons (Fsp3) is 0.273. The van der Waals surface area contributed by atoms with Gasteiger partial charge in [0.1, 0.15) is 0 Å². The molecule has 3 aromatic rings. The van der Waals surface area contributed by atoms with Crippen molar-refractivity contribution in [2.45, 2.75) is 18.5 Å². The maximum atomic E-state index is 6.25. The Labute approximate surface area is 181 Å². The van der Waals surface area contributed by atoms with Gasteiger partial charge < -0.3 is 19.5 Å². The molecule has 7 heteroatoms. The molecule has 150 valence electrons. The van der Waals surface area contributed by atoms with Crippen LogP contribution in [0.25, 0.3) is 5.69 Å². The first-order chi connectivity index (χ1) is 14.2. The molecule has 1 N–H and O–H groups in total. The number of methoxy groups -OCH3 is 1. The average Bonchev–Trinajstić information content (AvgIpc) is 3.33. The first kappa shape index (κ1) is 19.9. The Kier molecular flexibility index (Phi) is 6.13. The number of nitrogens with one attached hydrogen (secondary N) is 1. The van der Waals surface area contributed by atoms with E-state index in [9.17, 15) is 0 Å². The summed E-state index contributed by atoms with van der Waals surface area (Å²) in [5, 5.41) is 4.94. The van der Waals surface area contributed by atoms with Crippen molar-refractivity contribution in [1.29, 1.82) is 0 Å². The number of hydrogen-bond donors (Lipinski definition) is 1. The highest BCUT2D eigenvalue weighted by Gasteiger charge is 2.40. The lowest BCUT2D eigenvalue weighted by atomic mass is 10.0. The highest BCUT2D eigenvalue weighted by molar-refractivity contribution is 7.80. The van der Waals surface area contributed by atoms with E-state index in [4.69, 9.17) is 28.6 Å². The van der Waals surface area contributed by atoms with Crippen molar-refractivity contribution in [3.05, 3.63) is 83.4 Å². The lowest BCUT2D eigenvalue weighted by Crippen LogP contribution is -2.32. The Hall–Kier alpha value is -2.41. The molecule has 2 atom stereocenters. The van der Waals surface area contributed by atoms with Crippen LogP contribution in [0.5, 0.6) is 0 Å². The molecule has 0 saturated carbocycles. The first-order valence-corrected chi connectivity index (χ1v) is 10.4. The van der Waals surface area contributed by atoms with Crippen molar-refractivity contribution in [2.24, 2.45) is 0 Å². The van der Waals surface area contributed by atoms with Crippen molar-refractivity contribution >= 4 is 28.9 Å². The molecule has 0 spiro atoms. The standard InChI is InChI=1S/C22H23ClN4OS/c1-28-14-6-13-27-21(20(25-22(27)29)18-9-2-3-11-24-18)19-10-5-12-26(19)17-8-4-7-16(23)15-17/h2-5,7-12,15,20-21H,6,13-14H2,1H3,(H,25,29)/t20-,21+/m0/s1. The Bertz CT molecular complexity index is 978. The summed E-state index contributed by atoms with van der Waals surface area (Å²) >= 11 is 12.0. The summed E-state index contributed by atoms with van der Waals surface area (Å²) in [5.74, 6) is 0. The molecule has 0 radical (unpaired) electrons. The molecule has 29 heavy (non-hydrogen) atoms. The number of ether oxygens (including phenoxy) is 1. The van der Waals surface area contributed by atoms with E-state index in [1.165, 1.54) is 0 Å². The molecule has 3 heterocycles. The number of benzene rings is 1. The fourth-order valence-electron chi connectivity index (χ4n) is 3.84. The van der Waals surface area contributed by atoms with E-state index in [0.29, 0.717) is 11.6 Å². The molecule has 4 rings (SSSR count). The molecular formula is C22H23ClN4OS. The minimum Gasteiger partial charge on any atom is -0.385 e. The summed E-state index contributed by atoms with van der Waals surface area (Å²) < 4.78 is 7.43. The molecule has 1 saturated heterocycles. The van der Waals surface area contributed by atoms with E-state index in [1.54, 1.807) is 7.11 Å². The summed E-state index contributed by atoms with van der Waals surface area (Å²) in [5.41, 5.74) is 3.12. The summed E-state index contributed by atoms with van der Waals surface area (Å²) in [4.78, 5) is 6.84. The van der Waals surface area contributed by atoms with Crippen LogP contribution in [0.2, 0.25) is 5.02 Å². The molecule has 0 bridgehead atoms. The maximum Gasteiger partial charge on any atom is 0.170 e. The van der Waals surface area contributed by atoms with Gasteiger partial charge in [0.15, 0.2) is 5.11 Å². The van der Waals surface area contributed by atoms with Crippen molar-refractivity contribution in [2.75, 3.05) is 20.3 Å². The van der Waals surface area contributed by atoms with Crippen LogP contribution in [0.4, 0.5) is 0 Å². The monoisotopic (exact) mass is 426 g/mol. The van der Waals surface area contributed by atoms with E-state index in [2.05, 4.69) is 44.2 Å². The third-order valence-electron chi connectivity index (χ3n) is 5.11. The zero-order valence-electron chi connectivity index (χ0n) is 16.2. The van der Waals surface area contributed by atoms with Crippen molar-refractivity contribution < 1.29 is 4.74 Å². The van der Waals surface area contributed by atoms with Gasteiger partial charge >= 0.3 is 0 Å². The van der Waals surface area contributed by atoms with Crippen LogP contribution in [0.3, 0.4) is 0 Å². The lowest BCUT2D eigenvalue weighted by molar-refractivity contribution is 0.180. The Morgan fingerprint density at radius 2 is 2.07 bits per heavy atom. The highest BCUT2D eigenvalue weighted by atomic mass is 35.5. The average molecular weight is 427 g/mol. The number of hydrogen-bond acceptors (Lipinski definition) is 3. The molecule has 2 aromatic heterocycles. The van der Waals surface area contributed by atoms with Gasteiger partial charge in [0, 0.05) is 49.1 Å². The quantitative estimate of drug-likeness (QED) is 0.444. The number of aromatic nitrogens is 2. The maximum absolute atomic E-state index is 6.25. The van der Waals surface area contributed by atoms with Gasteiger partial charge in [-0.25, -0.2) is 0 Å². The van der Waals surface area contributed by atoms with E-state index < -0.39 is 0 Å². The topological polar surface area (TPSA) is 42.3 Å². The van der Waals surface area contributed by atoms with E-state index >= 15 is 0 Å². The molecule has 1 aliphatic rings.